The molecule has 0 saturated heterocycles. The lowest BCUT2D eigenvalue weighted by atomic mass is 9.79. The second kappa shape index (κ2) is 6.79. The summed E-state index contributed by atoms with van der Waals surface area (Å²) in [5, 5.41) is 3.67. The highest BCUT2D eigenvalue weighted by Crippen LogP contribution is 2.28. The fourth-order valence-corrected chi connectivity index (χ4v) is 3.00. The molecular weight excluding hydrogens is 222 g/mol. The van der Waals surface area contributed by atoms with Crippen LogP contribution in [0.25, 0.3) is 0 Å². The van der Waals surface area contributed by atoms with Crippen LogP contribution >= 0.6 is 0 Å². The van der Waals surface area contributed by atoms with Gasteiger partial charge in [-0.3, -0.25) is 0 Å². The minimum absolute atomic E-state index is 0.665. The van der Waals surface area contributed by atoms with Gasteiger partial charge < -0.3 is 10.1 Å². The normalized spacial score (nSPS) is 28.0. The number of ether oxygens (including phenoxy) is 1. The number of hydrogen-bond donors (Lipinski definition) is 1. The van der Waals surface area contributed by atoms with Crippen LogP contribution in [0.1, 0.15) is 33.1 Å². The molecule has 1 aromatic rings. The summed E-state index contributed by atoms with van der Waals surface area (Å²) in [7, 11) is 0. The first-order chi connectivity index (χ1) is 8.77. The van der Waals surface area contributed by atoms with E-state index in [0.717, 1.165) is 30.7 Å². The molecule has 0 amide bonds. The lowest BCUT2D eigenvalue weighted by Gasteiger charge is -2.35. The maximum Gasteiger partial charge on any atom is 0.119 e. The molecule has 2 atom stereocenters. The zero-order chi connectivity index (χ0) is 12.8. The maximum atomic E-state index is 5.71. The molecule has 2 rings (SSSR count). The zero-order valence-electron chi connectivity index (χ0n) is 11.6. The fourth-order valence-electron chi connectivity index (χ4n) is 3.00. The lowest BCUT2D eigenvalue weighted by molar-refractivity contribution is 0.197. The van der Waals surface area contributed by atoms with Crippen molar-refractivity contribution in [2.24, 2.45) is 11.8 Å². The molecule has 2 nitrogen and oxygen atoms in total. The molecular formula is C16H25NO. The predicted molar refractivity (Wildman–Crippen MR) is 75.9 cm³/mol. The average molecular weight is 247 g/mol. The third-order valence-electron chi connectivity index (χ3n) is 4.04. The summed E-state index contributed by atoms with van der Waals surface area (Å²) >= 11 is 0. The van der Waals surface area contributed by atoms with Crippen LogP contribution in [0.4, 0.5) is 0 Å². The van der Waals surface area contributed by atoms with Crippen LogP contribution in [0.15, 0.2) is 30.3 Å². The minimum atomic E-state index is 0.665. The van der Waals surface area contributed by atoms with Crippen LogP contribution < -0.4 is 10.1 Å². The zero-order valence-corrected chi connectivity index (χ0v) is 11.6. The summed E-state index contributed by atoms with van der Waals surface area (Å²) in [4.78, 5) is 0. The number of rotatable bonds is 5. The van der Waals surface area contributed by atoms with Gasteiger partial charge in [0.05, 0.1) is 0 Å². The van der Waals surface area contributed by atoms with Gasteiger partial charge in [-0.15, -0.1) is 0 Å². The van der Waals surface area contributed by atoms with Crippen LogP contribution in [-0.2, 0) is 0 Å². The summed E-state index contributed by atoms with van der Waals surface area (Å²) in [6.07, 6.45) is 4.12. The Morgan fingerprint density at radius 3 is 2.44 bits per heavy atom. The van der Waals surface area contributed by atoms with Crippen LogP contribution in [0, 0.1) is 11.8 Å². The molecule has 0 bridgehead atoms. The molecule has 1 N–H and O–H groups in total. The number of para-hydroxylation sites is 1. The third kappa shape index (κ3) is 3.74. The van der Waals surface area contributed by atoms with Gasteiger partial charge >= 0.3 is 0 Å². The Kier molecular flexibility index (Phi) is 5.06. The summed E-state index contributed by atoms with van der Waals surface area (Å²) in [5.41, 5.74) is 0. The van der Waals surface area contributed by atoms with Crippen molar-refractivity contribution in [3.8, 4) is 5.75 Å². The van der Waals surface area contributed by atoms with E-state index >= 15 is 0 Å². The molecule has 0 spiro atoms. The second-order valence-electron chi connectivity index (χ2n) is 5.53. The molecule has 1 aliphatic carbocycles. The van der Waals surface area contributed by atoms with Gasteiger partial charge in [-0.05, 0) is 36.8 Å². The number of hydrogen-bond acceptors (Lipinski definition) is 2. The predicted octanol–water partition coefficient (Wildman–Crippen LogP) is 3.48. The summed E-state index contributed by atoms with van der Waals surface area (Å²) in [5.74, 6) is 2.56. The van der Waals surface area contributed by atoms with Crippen molar-refractivity contribution in [3.63, 3.8) is 0 Å². The van der Waals surface area contributed by atoms with Gasteiger partial charge in [0.15, 0.2) is 0 Å². The molecule has 100 valence electrons. The molecule has 0 radical (unpaired) electrons. The van der Waals surface area contributed by atoms with Gasteiger partial charge in [-0.2, -0.15) is 0 Å². The van der Waals surface area contributed by atoms with Crippen LogP contribution in [0.3, 0.4) is 0 Å². The van der Waals surface area contributed by atoms with E-state index in [1.54, 1.807) is 0 Å². The Morgan fingerprint density at radius 2 is 1.78 bits per heavy atom. The third-order valence-corrected chi connectivity index (χ3v) is 4.04. The summed E-state index contributed by atoms with van der Waals surface area (Å²) < 4.78 is 5.71. The topological polar surface area (TPSA) is 21.3 Å². The van der Waals surface area contributed by atoms with Gasteiger partial charge in [0.2, 0.25) is 0 Å². The maximum absolute atomic E-state index is 5.71. The molecule has 1 fully saturated rings. The van der Waals surface area contributed by atoms with E-state index in [9.17, 15) is 0 Å². The molecule has 1 saturated carbocycles. The summed E-state index contributed by atoms with van der Waals surface area (Å²) in [6, 6.07) is 10.7. The fraction of sp³-hybridized carbons (Fsp3) is 0.625. The Morgan fingerprint density at radius 1 is 1.11 bits per heavy atom. The Bertz CT molecular complexity index is 328. The van der Waals surface area contributed by atoms with Gasteiger partial charge in [-0.1, -0.05) is 38.5 Å². The van der Waals surface area contributed by atoms with Crippen molar-refractivity contribution < 1.29 is 4.74 Å². The van der Waals surface area contributed by atoms with Crippen molar-refractivity contribution in [3.05, 3.63) is 30.3 Å². The van der Waals surface area contributed by atoms with Gasteiger partial charge in [-0.25, -0.2) is 0 Å². The van der Waals surface area contributed by atoms with Crippen molar-refractivity contribution in [2.75, 3.05) is 13.2 Å². The quantitative estimate of drug-likeness (QED) is 0.804. The summed E-state index contributed by atoms with van der Waals surface area (Å²) in [6.45, 7) is 6.42. The highest BCUT2D eigenvalue weighted by Gasteiger charge is 2.26. The van der Waals surface area contributed by atoms with E-state index < -0.39 is 0 Å². The van der Waals surface area contributed by atoms with Crippen LogP contribution in [-0.4, -0.2) is 19.2 Å². The molecule has 1 aromatic carbocycles. The first-order valence-electron chi connectivity index (χ1n) is 7.18. The van der Waals surface area contributed by atoms with E-state index in [1.165, 1.54) is 19.3 Å². The Labute approximate surface area is 111 Å². The van der Waals surface area contributed by atoms with Gasteiger partial charge in [0.25, 0.3) is 0 Å². The average Bonchev–Trinajstić information content (AvgIpc) is 2.38. The van der Waals surface area contributed by atoms with Crippen molar-refractivity contribution >= 4 is 0 Å². The van der Waals surface area contributed by atoms with Gasteiger partial charge in [0.1, 0.15) is 12.4 Å². The highest BCUT2D eigenvalue weighted by atomic mass is 16.5. The smallest absolute Gasteiger partial charge is 0.119 e. The van der Waals surface area contributed by atoms with E-state index in [2.05, 4.69) is 19.2 Å². The van der Waals surface area contributed by atoms with Crippen molar-refractivity contribution in [1.82, 2.24) is 5.32 Å². The first-order valence-corrected chi connectivity index (χ1v) is 7.18. The number of nitrogens with one attached hydrogen (secondary N) is 1. The van der Waals surface area contributed by atoms with Gasteiger partial charge in [0, 0.05) is 12.6 Å². The van der Waals surface area contributed by atoms with Crippen molar-refractivity contribution in [2.45, 2.75) is 39.2 Å². The van der Waals surface area contributed by atoms with Crippen molar-refractivity contribution in [1.29, 1.82) is 0 Å². The monoisotopic (exact) mass is 247 g/mol. The van der Waals surface area contributed by atoms with Crippen LogP contribution in [0.5, 0.6) is 5.75 Å². The van der Waals surface area contributed by atoms with E-state index in [4.69, 9.17) is 4.74 Å². The largest absolute Gasteiger partial charge is 0.492 e. The van der Waals surface area contributed by atoms with E-state index in [0.29, 0.717) is 6.04 Å². The first kappa shape index (κ1) is 13.4. The molecule has 0 heterocycles. The SMILES string of the molecule is CC1CCCC(C)C1NCCOc1ccccc1. The molecule has 1 aliphatic rings. The molecule has 18 heavy (non-hydrogen) atoms. The molecule has 2 unspecified atom stereocenters. The van der Waals surface area contributed by atoms with E-state index in [-0.39, 0.29) is 0 Å². The Balaban J connectivity index is 1.68. The Hall–Kier alpha value is -1.02. The number of benzene rings is 1. The van der Waals surface area contributed by atoms with Crippen LogP contribution in [0.2, 0.25) is 0 Å². The molecule has 0 aromatic heterocycles. The van der Waals surface area contributed by atoms with E-state index in [1.807, 2.05) is 30.3 Å². The minimum Gasteiger partial charge on any atom is -0.492 e. The standard InChI is InChI=1S/C16H25NO/c1-13-7-6-8-14(2)16(13)17-11-12-18-15-9-4-3-5-10-15/h3-5,9-10,13-14,16-17H,6-8,11-12H2,1-2H3. The molecule has 2 heteroatoms. The second-order valence-corrected chi connectivity index (χ2v) is 5.53. The highest BCUT2D eigenvalue weighted by molar-refractivity contribution is 5.20. The lowest BCUT2D eigenvalue weighted by Crippen LogP contribution is -2.44. The molecule has 0 aliphatic heterocycles.